The summed E-state index contributed by atoms with van der Waals surface area (Å²) in [7, 11) is 0. The molecule has 0 saturated carbocycles. The van der Waals surface area contributed by atoms with E-state index in [2.05, 4.69) is 15.1 Å². The average molecular weight is 443 g/mol. The van der Waals surface area contributed by atoms with Crippen molar-refractivity contribution in [3.8, 4) is 16.3 Å². The van der Waals surface area contributed by atoms with Gasteiger partial charge < -0.3 is 9.72 Å². The molecule has 32 heavy (non-hydrogen) atoms. The van der Waals surface area contributed by atoms with Crippen molar-refractivity contribution in [1.82, 2.24) is 19.7 Å². The van der Waals surface area contributed by atoms with Crippen LogP contribution >= 0.6 is 11.3 Å². The Morgan fingerprint density at radius 3 is 2.62 bits per heavy atom. The van der Waals surface area contributed by atoms with E-state index in [1.165, 1.54) is 11.3 Å². The molecule has 0 radical (unpaired) electrons. The lowest BCUT2D eigenvalue weighted by Crippen LogP contribution is -2.17. The van der Waals surface area contributed by atoms with Gasteiger partial charge in [-0.25, -0.2) is 14.5 Å². The van der Waals surface area contributed by atoms with Gasteiger partial charge in [-0.3, -0.25) is 4.79 Å². The number of carbonyl (C=O) groups is 1. The Morgan fingerprint density at radius 1 is 1.06 bits per heavy atom. The largest absolute Gasteiger partial charge is 0.451 e. The molecule has 1 atom stereocenters. The van der Waals surface area contributed by atoms with Crippen LogP contribution in [0.15, 0.2) is 83.1 Å². The first-order valence-corrected chi connectivity index (χ1v) is 10.9. The monoisotopic (exact) mass is 442 g/mol. The van der Waals surface area contributed by atoms with E-state index in [4.69, 9.17) is 4.74 Å². The third-order valence-corrected chi connectivity index (χ3v) is 5.89. The maximum atomic E-state index is 13.1. The number of thiophene rings is 1. The zero-order valence-corrected chi connectivity index (χ0v) is 17.9. The number of hydrogen-bond acceptors (Lipinski definition) is 6. The lowest BCUT2D eigenvalue weighted by atomic mass is 10.2. The molecule has 7 nitrogen and oxygen atoms in total. The van der Waals surface area contributed by atoms with Crippen molar-refractivity contribution < 1.29 is 9.53 Å². The molecule has 0 aliphatic heterocycles. The van der Waals surface area contributed by atoms with Gasteiger partial charge in [-0.2, -0.15) is 5.10 Å². The SMILES string of the molecule is CC(OC(=O)c1cn(-c2ccccc2)nc1-c1cccs1)c1nc2ccccc2c(=O)[nH]1. The predicted molar refractivity (Wildman–Crippen MR) is 123 cm³/mol. The molecule has 3 heterocycles. The second-order valence-corrected chi connectivity index (χ2v) is 8.11. The predicted octanol–water partition coefficient (Wildman–Crippen LogP) is 4.76. The van der Waals surface area contributed by atoms with Crippen molar-refractivity contribution >= 4 is 28.2 Å². The van der Waals surface area contributed by atoms with Crippen molar-refractivity contribution in [1.29, 1.82) is 0 Å². The molecule has 0 fully saturated rings. The first-order chi connectivity index (χ1) is 15.6. The van der Waals surface area contributed by atoms with Gasteiger partial charge in [0.2, 0.25) is 0 Å². The Labute approximate surface area is 187 Å². The zero-order chi connectivity index (χ0) is 22.1. The van der Waals surface area contributed by atoms with Crippen LogP contribution in [0.3, 0.4) is 0 Å². The quantitative estimate of drug-likeness (QED) is 0.397. The normalized spacial score (nSPS) is 12.0. The molecular weight excluding hydrogens is 424 g/mol. The third-order valence-electron chi connectivity index (χ3n) is 5.01. The summed E-state index contributed by atoms with van der Waals surface area (Å²) >= 11 is 1.49. The number of H-pyrrole nitrogens is 1. The van der Waals surface area contributed by atoms with E-state index in [0.717, 1.165) is 10.6 Å². The molecule has 0 amide bonds. The fourth-order valence-corrected chi connectivity index (χ4v) is 4.13. The number of nitrogens with zero attached hydrogens (tertiary/aromatic N) is 3. The minimum absolute atomic E-state index is 0.273. The number of aromatic amines is 1. The highest BCUT2D eigenvalue weighted by Gasteiger charge is 2.24. The fraction of sp³-hybridized carbons (Fsp3) is 0.0833. The highest BCUT2D eigenvalue weighted by Crippen LogP contribution is 2.29. The second-order valence-electron chi connectivity index (χ2n) is 7.16. The maximum absolute atomic E-state index is 13.1. The van der Waals surface area contributed by atoms with Crippen molar-refractivity contribution in [3.05, 3.63) is 100 Å². The standard InChI is InChI=1S/C24H18N4O3S/c1-15(22-25-19-11-6-5-10-17(19)23(29)26-22)31-24(30)18-14-28(16-8-3-2-4-9-16)27-21(18)20-12-7-13-32-20/h2-15H,1H3,(H,25,26,29). The molecule has 2 aromatic carbocycles. The van der Waals surface area contributed by atoms with Gasteiger partial charge in [0.25, 0.3) is 5.56 Å². The van der Waals surface area contributed by atoms with Crippen LogP contribution in [0, 0.1) is 0 Å². The molecule has 0 spiro atoms. The number of benzene rings is 2. The lowest BCUT2D eigenvalue weighted by molar-refractivity contribution is 0.0321. The number of fused-ring (bicyclic) bond motifs is 1. The van der Waals surface area contributed by atoms with Gasteiger partial charge in [0.15, 0.2) is 11.9 Å². The second kappa shape index (κ2) is 8.24. The summed E-state index contributed by atoms with van der Waals surface area (Å²) in [6.07, 6.45) is 0.909. The van der Waals surface area contributed by atoms with Crippen molar-refractivity contribution in [2.45, 2.75) is 13.0 Å². The number of esters is 1. The Balaban J connectivity index is 1.49. The van der Waals surface area contributed by atoms with Crippen LogP contribution in [0.2, 0.25) is 0 Å². The molecule has 5 aromatic rings. The number of nitrogens with one attached hydrogen (secondary N) is 1. The summed E-state index contributed by atoms with van der Waals surface area (Å²) in [6, 6.07) is 20.4. The number of aromatic nitrogens is 4. The first-order valence-electron chi connectivity index (χ1n) is 9.99. The third kappa shape index (κ3) is 3.72. The van der Waals surface area contributed by atoms with Crippen LogP contribution in [0.1, 0.15) is 29.2 Å². The molecule has 1 N–H and O–H groups in total. The Bertz CT molecular complexity index is 1460. The van der Waals surface area contributed by atoms with Crippen LogP contribution in [0.5, 0.6) is 0 Å². The van der Waals surface area contributed by atoms with E-state index in [9.17, 15) is 9.59 Å². The van der Waals surface area contributed by atoms with Crippen molar-refractivity contribution in [3.63, 3.8) is 0 Å². The van der Waals surface area contributed by atoms with Gasteiger partial charge in [-0.05, 0) is 42.6 Å². The van der Waals surface area contributed by atoms with Crippen LogP contribution in [-0.2, 0) is 4.74 Å². The minimum Gasteiger partial charge on any atom is -0.451 e. The van der Waals surface area contributed by atoms with Gasteiger partial charge in [0.05, 0.1) is 21.5 Å². The summed E-state index contributed by atoms with van der Waals surface area (Å²) in [5.41, 5.74) is 1.99. The summed E-state index contributed by atoms with van der Waals surface area (Å²) in [4.78, 5) is 33.6. The van der Waals surface area contributed by atoms with E-state index >= 15 is 0 Å². The number of ether oxygens (including phenoxy) is 1. The number of hydrogen-bond donors (Lipinski definition) is 1. The minimum atomic E-state index is -0.754. The van der Waals surface area contributed by atoms with E-state index in [1.54, 1.807) is 42.1 Å². The van der Waals surface area contributed by atoms with Crippen LogP contribution in [0.4, 0.5) is 0 Å². The first kappa shape index (κ1) is 19.9. The Morgan fingerprint density at radius 2 is 1.84 bits per heavy atom. The fourth-order valence-electron chi connectivity index (χ4n) is 3.41. The summed E-state index contributed by atoms with van der Waals surface area (Å²) in [6.45, 7) is 1.68. The highest BCUT2D eigenvalue weighted by atomic mass is 32.1. The molecule has 5 rings (SSSR count). The molecule has 0 bridgehead atoms. The van der Waals surface area contributed by atoms with Gasteiger partial charge in [-0.15, -0.1) is 11.3 Å². The van der Waals surface area contributed by atoms with E-state index in [0.29, 0.717) is 22.2 Å². The Hall–Kier alpha value is -4.04. The molecular formula is C24H18N4O3S. The summed E-state index contributed by atoms with van der Waals surface area (Å²) in [5, 5.41) is 7.05. The van der Waals surface area contributed by atoms with Gasteiger partial charge >= 0.3 is 5.97 Å². The molecule has 0 saturated heterocycles. The topological polar surface area (TPSA) is 89.9 Å². The zero-order valence-electron chi connectivity index (χ0n) is 17.1. The van der Waals surface area contributed by atoms with Crippen LogP contribution in [0.25, 0.3) is 27.2 Å². The van der Waals surface area contributed by atoms with Crippen molar-refractivity contribution in [2.24, 2.45) is 0 Å². The summed E-state index contributed by atoms with van der Waals surface area (Å²) < 4.78 is 7.35. The molecule has 1 unspecified atom stereocenters. The summed E-state index contributed by atoms with van der Waals surface area (Å²) in [5.74, 6) is -0.255. The molecule has 0 aliphatic carbocycles. The number of rotatable bonds is 5. The van der Waals surface area contributed by atoms with Crippen molar-refractivity contribution in [2.75, 3.05) is 0 Å². The molecule has 8 heteroatoms. The molecule has 0 aliphatic rings. The van der Waals surface area contributed by atoms with Gasteiger partial charge in [0.1, 0.15) is 11.3 Å². The van der Waals surface area contributed by atoms with E-state index in [-0.39, 0.29) is 11.4 Å². The van der Waals surface area contributed by atoms with Gasteiger partial charge in [0, 0.05) is 6.20 Å². The van der Waals surface area contributed by atoms with Crippen LogP contribution in [-0.4, -0.2) is 25.7 Å². The lowest BCUT2D eigenvalue weighted by Gasteiger charge is -2.13. The van der Waals surface area contributed by atoms with E-state index < -0.39 is 12.1 Å². The van der Waals surface area contributed by atoms with E-state index in [1.807, 2.05) is 47.8 Å². The Kier molecular flexibility index (Phi) is 5.12. The number of carbonyl (C=O) groups excluding carboxylic acids is 1. The highest BCUT2D eigenvalue weighted by molar-refractivity contribution is 7.13. The average Bonchev–Trinajstić information content (AvgIpc) is 3.50. The molecule has 158 valence electrons. The van der Waals surface area contributed by atoms with Crippen LogP contribution < -0.4 is 5.56 Å². The number of para-hydroxylation sites is 2. The van der Waals surface area contributed by atoms with Gasteiger partial charge in [-0.1, -0.05) is 36.4 Å². The molecule has 3 aromatic heterocycles. The maximum Gasteiger partial charge on any atom is 0.342 e. The smallest absolute Gasteiger partial charge is 0.342 e.